The molecule has 0 bridgehead atoms. The van der Waals surface area contributed by atoms with Crippen molar-refractivity contribution in [2.45, 2.75) is 38.4 Å². The van der Waals surface area contributed by atoms with Gasteiger partial charge in [-0.2, -0.15) is 0 Å². The molecule has 1 aromatic rings. The molecule has 106 valence electrons. The molecule has 0 N–H and O–H groups in total. The van der Waals surface area contributed by atoms with E-state index in [2.05, 4.69) is 6.42 Å². The largest absolute Gasteiger partial charge is 1.00 e. The van der Waals surface area contributed by atoms with Crippen molar-refractivity contribution < 1.29 is 58.9 Å². The molecule has 1 aromatic carbocycles. The van der Waals surface area contributed by atoms with E-state index in [1.807, 2.05) is 30.3 Å². The van der Waals surface area contributed by atoms with E-state index >= 15 is 0 Å². The molecule has 1 heterocycles. The summed E-state index contributed by atoms with van der Waals surface area (Å²) in [4.78, 5) is 11.5. The molecule has 1 aliphatic heterocycles. The number of benzene rings is 1. The average molecular weight is 528 g/mol. The number of halogens is 1. The summed E-state index contributed by atoms with van der Waals surface area (Å²) in [5.74, 6) is -0.145. The third-order valence-electron chi connectivity index (χ3n) is 2.99. The van der Waals surface area contributed by atoms with Crippen molar-refractivity contribution in [2.24, 2.45) is 0 Å². The molecule has 1 atom stereocenters. The fourth-order valence-corrected chi connectivity index (χ4v) is 1.99. The molecule has 0 unspecified atom stereocenters. The van der Waals surface area contributed by atoms with Crippen LogP contribution in [0.25, 0.3) is 0 Å². The molecule has 3 nitrogen and oxygen atoms in total. The van der Waals surface area contributed by atoms with E-state index in [0.717, 1.165) is 31.4 Å². The Hall–Kier alpha value is 0.0651. The number of carbonyl (C=O) groups is 1. The van der Waals surface area contributed by atoms with Gasteiger partial charge in [0.15, 0.2) is 0 Å². The van der Waals surface area contributed by atoms with E-state index in [-0.39, 0.29) is 56.7 Å². The van der Waals surface area contributed by atoms with Crippen LogP contribution in [0, 0.1) is 6.42 Å². The van der Waals surface area contributed by atoms with Gasteiger partial charge in [0.25, 0.3) is 0 Å². The van der Waals surface area contributed by atoms with E-state index in [0.29, 0.717) is 13.0 Å². The molecule has 0 aliphatic carbocycles. The normalized spacial score (nSPS) is 16.9. The first kappa shape index (κ1) is 20.1. The minimum Gasteiger partial charge on any atom is -1.00 e. The minimum absolute atomic E-state index is 0. The van der Waals surface area contributed by atoms with Crippen LogP contribution >= 0.6 is 0 Å². The molecule has 2 radical (unpaired) electrons. The van der Waals surface area contributed by atoms with Gasteiger partial charge in [0.1, 0.15) is 6.61 Å². The molecule has 0 amide bonds. The van der Waals surface area contributed by atoms with Crippen molar-refractivity contribution in [1.29, 1.82) is 0 Å². The average Bonchev–Trinajstić information content (AvgIpc) is 2.91. The minimum atomic E-state index is -0.145. The van der Waals surface area contributed by atoms with Gasteiger partial charge in [0, 0.05) is 13.0 Å². The topological polar surface area (TPSA) is 35.5 Å². The number of ether oxygens (including phenoxy) is 2. The molecule has 1 aliphatic rings. The van der Waals surface area contributed by atoms with Crippen molar-refractivity contribution >= 4 is 5.97 Å². The Balaban J connectivity index is 0.00000180. The summed E-state index contributed by atoms with van der Waals surface area (Å²) in [6, 6.07) is 9.72. The predicted molar refractivity (Wildman–Crippen MR) is 68.7 cm³/mol. The summed E-state index contributed by atoms with van der Waals surface area (Å²) in [6.45, 7) is 1.21. The maximum absolute atomic E-state index is 11.5. The van der Waals surface area contributed by atoms with Crippen LogP contribution in [0.5, 0.6) is 0 Å². The second-order valence-corrected chi connectivity index (χ2v) is 4.47. The second kappa shape index (κ2) is 11.7. The number of hydrogen-bond donors (Lipinski definition) is 0. The first-order valence-corrected chi connectivity index (χ1v) is 6.49. The number of rotatable bonds is 6. The van der Waals surface area contributed by atoms with Gasteiger partial charge in [-0.25, -0.2) is 0 Å². The molecule has 20 heavy (non-hydrogen) atoms. The van der Waals surface area contributed by atoms with Crippen molar-refractivity contribution in [3.8, 4) is 0 Å². The second-order valence-electron chi connectivity index (χ2n) is 4.47. The number of carbonyl (C=O) groups excluding carboxylic acids is 1. The van der Waals surface area contributed by atoms with Crippen LogP contribution < -0.4 is 17.0 Å². The fraction of sp³-hybridized carbons (Fsp3) is 0.467. The van der Waals surface area contributed by atoms with Crippen LogP contribution in [-0.2, 0) is 48.5 Å². The summed E-state index contributed by atoms with van der Waals surface area (Å²) in [7, 11) is 0. The zero-order valence-corrected chi connectivity index (χ0v) is 18.7. The van der Waals surface area contributed by atoms with Gasteiger partial charge in [0.05, 0.1) is 6.10 Å². The summed E-state index contributed by atoms with van der Waals surface area (Å²) in [6.07, 6.45) is 5.70. The van der Waals surface area contributed by atoms with Crippen LogP contribution in [0.15, 0.2) is 30.3 Å². The molecular formula is C15H19BrHgO3. The van der Waals surface area contributed by atoms with E-state index in [9.17, 15) is 4.79 Å². The van der Waals surface area contributed by atoms with Crippen LogP contribution in [0.2, 0.25) is 0 Å². The Bertz CT molecular complexity index is 367. The molecule has 2 rings (SSSR count). The SMILES string of the molecule is O=C(CC[CH][C@@H]1CCCO1)OCc1ccccc1.[Br-].[Hg+]. The first-order valence-electron chi connectivity index (χ1n) is 6.49. The molecule has 1 saturated heterocycles. The standard InChI is InChI=1S/C15H19O3.BrH.Hg/c16-15(10-4-8-14-9-5-11-17-14)18-12-13-6-2-1-3-7-13;;/h1-3,6-8,14H,4-5,9-12H2;1H;/q;;+1/p-1/t14-;;/m1../s1. The predicted octanol–water partition coefficient (Wildman–Crippen LogP) is -0.105. The molecular weight excluding hydrogens is 509 g/mol. The van der Waals surface area contributed by atoms with Gasteiger partial charge in [-0.1, -0.05) is 30.3 Å². The third kappa shape index (κ3) is 7.74. The van der Waals surface area contributed by atoms with Crippen LogP contribution in [0.1, 0.15) is 31.2 Å². The van der Waals surface area contributed by atoms with Gasteiger partial charge in [-0.05, 0) is 31.2 Å². The zero-order chi connectivity index (χ0) is 12.6. The summed E-state index contributed by atoms with van der Waals surface area (Å²) in [5.41, 5.74) is 1.02. The Morgan fingerprint density at radius 3 is 2.75 bits per heavy atom. The number of esters is 1. The Morgan fingerprint density at radius 2 is 2.10 bits per heavy atom. The van der Waals surface area contributed by atoms with Crippen molar-refractivity contribution in [1.82, 2.24) is 0 Å². The summed E-state index contributed by atoms with van der Waals surface area (Å²) in [5, 5.41) is 0. The van der Waals surface area contributed by atoms with Crippen LogP contribution in [0.4, 0.5) is 0 Å². The van der Waals surface area contributed by atoms with Crippen molar-refractivity contribution in [2.75, 3.05) is 6.61 Å². The maximum Gasteiger partial charge on any atom is 1.00 e. The van der Waals surface area contributed by atoms with Gasteiger partial charge < -0.3 is 26.5 Å². The van der Waals surface area contributed by atoms with Gasteiger partial charge in [0.2, 0.25) is 0 Å². The fourth-order valence-electron chi connectivity index (χ4n) is 1.99. The maximum atomic E-state index is 11.5. The zero-order valence-electron chi connectivity index (χ0n) is 11.6. The van der Waals surface area contributed by atoms with E-state index in [4.69, 9.17) is 9.47 Å². The summed E-state index contributed by atoms with van der Waals surface area (Å²) < 4.78 is 10.6. The summed E-state index contributed by atoms with van der Waals surface area (Å²) >= 11 is 0. The van der Waals surface area contributed by atoms with Gasteiger partial charge >= 0.3 is 33.6 Å². The van der Waals surface area contributed by atoms with Gasteiger partial charge in [-0.15, -0.1) is 0 Å². The van der Waals surface area contributed by atoms with Crippen LogP contribution in [0.3, 0.4) is 0 Å². The molecule has 5 heteroatoms. The first-order chi connectivity index (χ1) is 8.84. The van der Waals surface area contributed by atoms with Crippen molar-refractivity contribution in [3.63, 3.8) is 0 Å². The van der Waals surface area contributed by atoms with Crippen molar-refractivity contribution in [3.05, 3.63) is 42.3 Å². The quantitative estimate of drug-likeness (QED) is 0.383. The molecule has 0 spiro atoms. The molecule has 0 saturated carbocycles. The van der Waals surface area contributed by atoms with E-state index < -0.39 is 0 Å². The number of hydrogen-bond acceptors (Lipinski definition) is 3. The van der Waals surface area contributed by atoms with Crippen LogP contribution in [-0.4, -0.2) is 18.7 Å². The smallest absolute Gasteiger partial charge is 1.00 e. The Kier molecular flexibility index (Phi) is 11.7. The third-order valence-corrected chi connectivity index (χ3v) is 2.99. The monoisotopic (exact) mass is 528 g/mol. The Morgan fingerprint density at radius 1 is 1.35 bits per heavy atom. The van der Waals surface area contributed by atoms with Gasteiger partial charge in [-0.3, -0.25) is 4.79 Å². The molecule has 0 aromatic heterocycles. The molecule has 1 fully saturated rings. The van der Waals surface area contributed by atoms with E-state index in [1.54, 1.807) is 0 Å². The Labute approximate surface area is 151 Å². The van der Waals surface area contributed by atoms with E-state index in [1.165, 1.54) is 0 Å².